The van der Waals surface area contributed by atoms with Gasteiger partial charge in [-0.1, -0.05) is 0 Å². The standard InChI is InChI=1S/C20H14N4O4/c1-7-21-11-5-12-20(28-8(2)22-12)16(19(11)27-7)15-17-14(25-10(4)24-17)6-13-18(15)26-9(3)23-13/h5-6H,1-4H3. The smallest absolute Gasteiger partial charge is 0.192 e. The molecule has 0 atom stereocenters. The first-order valence-electron chi connectivity index (χ1n) is 8.83. The SMILES string of the molecule is Cc1nc2c(-c3c4oc(C)nc4cc4nc(C)oc34)c3oc(C)nc3cc2o1. The zero-order valence-electron chi connectivity index (χ0n) is 15.6. The predicted molar refractivity (Wildman–Crippen MR) is 101 cm³/mol. The Bertz CT molecular complexity index is 1340. The first-order chi connectivity index (χ1) is 13.5. The van der Waals surface area contributed by atoms with Gasteiger partial charge in [-0.05, 0) is 6.07 Å². The van der Waals surface area contributed by atoms with Crippen LogP contribution in [0.2, 0.25) is 0 Å². The van der Waals surface area contributed by atoms with Gasteiger partial charge in [0.15, 0.2) is 45.9 Å². The first-order valence-corrected chi connectivity index (χ1v) is 8.83. The lowest BCUT2D eigenvalue weighted by molar-refractivity contribution is 0.551. The molecule has 6 aromatic rings. The second-order valence-corrected chi connectivity index (χ2v) is 6.83. The van der Waals surface area contributed by atoms with E-state index in [1.54, 1.807) is 27.7 Å². The maximum Gasteiger partial charge on any atom is 0.192 e. The minimum absolute atomic E-state index is 0.548. The summed E-state index contributed by atoms with van der Waals surface area (Å²) in [4.78, 5) is 18.1. The first kappa shape index (κ1) is 15.4. The maximum atomic E-state index is 5.97. The Morgan fingerprint density at radius 3 is 1.57 bits per heavy atom. The molecule has 0 unspecified atom stereocenters. The van der Waals surface area contributed by atoms with Crippen molar-refractivity contribution in [2.75, 3.05) is 0 Å². The highest BCUT2D eigenvalue weighted by atomic mass is 16.4. The van der Waals surface area contributed by atoms with Gasteiger partial charge < -0.3 is 17.7 Å². The van der Waals surface area contributed by atoms with Gasteiger partial charge >= 0.3 is 0 Å². The third-order valence-corrected chi connectivity index (χ3v) is 4.75. The average molecular weight is 374 g/mol. The van der Waals surface area contributed by atoms with E-state index >= 15 is 0 Å². The number of benzene rings is 2. The molecule has 6 rings (SSSR count). The monoisotopic (exact) mass is 374 g/mol. The normalized spacial score (nSPS) is 12.3. The van der Waals surface area contributed by atoms with Crippen LogP contribution in [0.5, 0.6) is 0 Å². The summed E-state index contributed by atoms with van der Waals surface area (Å²) in [5, 5.41) is 0. The highest BCUT2D eigenvalue weighted by Crippen LogP contribution is 2.44. The van der Waals surface area contributed by atoms with E-state index in [2.05, 4.69) is 19.9 Å². The second kappa shape index (κ2) is 4.98. The van der Waals surface area contributed by atoms with Gasteiger partial charge in [0.2, 0.25) is 0 Å². The van der Waals surface area contributed by atoms with Crippen LogP contribution in [-0.4, -0.2) is 19.9 Å². The van der Waals surface area contributed by atoms with Gasteiger partial charge in [0.05, 0.1) is 11.1 Å². The van der Waals surface area contributed by atoms with Gasteiger partial charge in [0.25, 0.3) is 0 Å². The van der Waals surface area contributed by atoms with Gasteiger partial charge in [-0.2, -0.15) is 0 Å². The van der Waals surface area contributed by atoms with E-state index in [0.717, 1.165) is 0 Å². The molecule has 0 N–H and O–H groups in total. The molecule has 0 bridgehead atoms. The lowest BCUT2D eigenvalue weighted by Crippen LogP contribution is -1.86. The van der Waals surface area contributed by atoms with Crippen LogP contribution in [0, 0.1) is 27.7 Å². The minimum Gasteiger partial charge on any atom is -0.441 e. The Kier molecular flexibility index (Phi) is 2.73. The number of nitrogens with zero attached hydrogens (tertiary/aromatic N) is 4. The van der Waals surface area contributed by atoms with Crippen molar-refractivity contribution < 1.29 is 17.7 Å². The van der Waals surface area contributed by atoms with Crippen LogP contribution in [0.1, 0.15) is 23.6 Å². The molecule has 0 fully saturated rings. The van der Waals surface area contributed by atoms with Crippen molar-refractivity contribution >= 4 is 44.4 Å². The van der Waals surface area contributed by atoms with Gasteiger partial charge in [-0.3, -0.25) is 0 Å². The molecule has 8 nitrogen and oxygen atoms in total. The van der Waals surface area contributed by atoms with Crippen LogP contribution in [0.4, 0.5) is 0 Å². The van der Waals surface area contributed by atoms with Crippen molar-refractivity contribution in [3.8, 4) is 11.1 Å². The van der Waals surface area contributed by atoms with E-state index in [9.17, 15) is 0 Å². The maximum absolute atomic E-state index is 5.97. The molecule has 0 aliphatic rings. The molecule has 0 saturated carbocycles. The Morgan fingerprint density at radius 2 is 1.00 bits per heavy atom. The number of fused-ring (bicyclic) bond motifs is 4. The molecule has 0 radical (unpaired) electrons. The van der Waals surface area contributed by atoms with E-state index in [1.807, 2.05) is 12.1 Å². The van der Waals surface area contributed by atoms with Gasteiger partial charge in [-0.25, -0.2) is 19.9 Å². The molecule has 28 heavy (non-hydrogen) atoms. The van der Waals surface area contributed by atoms with Gasteiger partial charge in [-0.15, -0.1) is 0 Å². The van der Waals surface area contributed by atoms with Gasteiger partial charge in [0.1, 0.15) is 22.1 Å². The molecular formula is C20H14N4O4. The number of hydrogen-bond donors (Lipinski definition) is 0. The number of rotatable bonds is 1. The molecule has 8 heteroatoms. The summed E-state index contributed by atoms with van der Waals surface area (Å²) >= 11 is 0. The van der Waals surface area contributed by atoms with Crippen LogP contribution in [0.15, 0.2) is 29.8 Å². The number of aromatic nitrogens is 4. The molecule has 0 saturated heterocycles. The molecule has 0 spiro atoms. The van der Waals surface area contributed by atoms with Crippen LogP contribution in [-0.2, 0) is 0 Å². The molecular weight excluding hydrogens is 360 g/mol. The van der Waals surface area contributed by atoms with E-state index in [-0.39, 0.29) is 0 Å². The third kappa shape index (κ3) is 1.94. The van der Waals surface area contributed by atoms with E-state index < -0.39 is 0 Å². The van der Waals surface area contributed by atoms with Crippen molar-refractivity contribution in [3.05, 3.63) is 35.7 Å². The Hall–Kier alpha value is -3.68. The summed E-state index contributed by atoms with van der Waals surface area (Å²) < 4.78 is 23.7. The predicted octanol–water partition coefficient (Wildman–Crippen LogP) is 5.15. The summed E-state index contributed by atoms with van der Waals surface area (Å²) in [6.07, 6.45) is 0. The van der Waals surface area contributed by atoms with E-state index in [4.69, 9.17) is 17.7 Å². The van der Waals surface area contributed by atoms with Crippen LogP contribution >= 0.6 is 0 Å². The van der Waals surface area contributed by atoms with Crippen LogP contribution in [0.3, 0.4) is 0 Å². The summed E-state index contributed by atoms with van der Waals surface area (Å²) in [5.74, 6) is 2.20. The van der Waals surface area contributed by atoms with E-state index in [0.29, 0.717) is 79.1 Å². The fourth-order valence-electron chi connectivity index (χ4n) is 3.80. The number of aryl methyl sites for hydroxylation is 4. The second-order valence-electron chi connectivity index (χ2n) is 6.83. The molecule has 0 aliphatic carbocycles. The summed E-state index contributed by atoms with van der Waals surface area (Å²) in [6, 6.07) is 3.69. The van der Waals surface area contributed by atoms with Crippen molar-refractivity contribution in [1.82, 2.24) is 19.9 Å². The van der Waals surface area contributed by atoms with Gasteiger partial charge in [0, 0.05) is 33.8 Å². The van der Waals surface area contributed by atoms with Crippen molar-refractivity contribution in [3.63, 3.8) is 0 Å². The highest BCUT2D eigenvalue weighted by molar-refractivity contribution is 6.17. The molecule has 4 aromatic heterocycles. The fraction of sp³-hybridized carbons (Fsp3) is 0.200. The van der Waals surface area contributed by atoms with Crippen molar-refractivity contribution in [2.24, 2.45) is 0 Å². The molecule has 4 heterocycles. The van der Waals surface area contributed by atoms with Crippen LogP contribution < -0.4 is 0 Å². The summed E-state index contributed by atoms with van der Waals surface area (Å²) in [5.41, 5.74) is 6.48. The Balaban J connectivity index is 1.93. The zero-order valence-corrected chi connectivity index (χ0v) is 15.6. The van der Waals surface area contributed by atoms with Crippen LogP contribution in [0.25, 0.3) is 55.5 Å². The average Bonchev–Trinajstić information content (AvgIpc) is 3.34. The quantitative estimate of drug-likeness (QED) is 0.389. The third-order valence-electron chi connectivity index (χ3n) is 4.75. The fourth-order valence-corrected chi connectivity index (χ4v) is 3.80. The number of hydrogen-bond acceptors (Lipinski definition) is 8. The summed E-state index contributed by atoms with van der Waals surface area (Å²) in [6.45, 7) is 7.22. The Morgan fingerprint density at radius 1 is 0.536 bits per heavy atom. The largest absolute Gasteiger partial charge is 0.441 e. The zero-order chi connectivity index (χ0) is 19.2. The lowest BCUT2D eigenvalue weighted by Gasteiger charge is -2.04. The van der Waals surface area contributed by atoms with Crippen molar-refractivity contribution in [1.29, 1.82) is 0 Å². The minimum atomic E-state index is 0.548. The van der Waals surface area contributed by atoms with Crippen molar-refractivity contribution in [2.45, 2.75) is 27.7 Å². The summed E-state index contributed by atoms with van der Waals surface area (Å²) in [7, 11) is 0. The molecule has 138 valence electrons. The lowest BCUT2D eigenvalue weighted by atomic mass is 10.0. The number of oxazole rings is 4. The Labute approximate surface area is 157 Å². The molecule has 0 aliphatic heterocycles. The van der Waals surface area contributed by atoms with E-state index in [1.165, 1.54) is 0 Å². The highest BCUT2D eigenvalue weighted by Gasteiger charge is 2.26. The molecule has 2 aromatic carbocycles. The topological polar surface area (TPSA) is 104 Å². The molecule has 0 amide bonds.